The minimum Gasteiger partial charge on any atom is -0.321 e. The number of carbonyl (C=O) groups excluding carboxylic acids is 3. The van der Waals surface area contributed by atoms with E-state index < -0.39 is 17.7 Å². The first-order chi connectivity index (χ1) is 14.3. The number of para-hydroxylation sites is 1. The summed E-state index contributed by atoms with van der Waals surface area (Å²) in [5, 5.41) is 3.70. The molecule has 0 aliphatic carbocycles. The number of rotatable bonds is 4. The summed E-state index contributed by atoms with van der Waals surface area (Å²) in [5.41, 5.74) is 5.54. The molecule has 0 aliphatic heterocycles. The van der Waals surface area contributed by atoms with Gasteiger partial charge in [0.15, 0.2) is 0 Å². The Bertz CT molecular complexity index is 1120. The molecular weight excluding hydrogens is 449 g/mol. The fourth-order valence-electron chi connectivity index (χ4n) is 2.51. The Morgan fingerprint density at radius 1 is 0.633 bits per heavy atom. The van der Waals surface area contributed by atoms with Gasteiger partial charge in [-0.1, -0.05) is 46.9 Å². The second-order valence-corrected chi connectivity index (χ2v) is 7.32. The number of benzene rings is 3. The minimum absolute atomic E-state index is 0.146. The third-order valence-corrected chi connectivity index (χ3v) is 4.79. The maximum absolute atomic E-state index is 12.5. The van der Waals surface area contributed by atoms with Crippen LogP contribution in [0, 0.1) is 0 Å². The number of hydrazine groups is 1. The van der Waals surface area contributed by atoms with E-state index in [0.717, 1.165) is 0 Å². The van der Waals surface area contributed by atoms with E-state index in [1.54, 1.807) is 30.3 Å². The molecule has 9 heteroatoms. The van der Waals surface area contributed by atoms with Gasteiger partial charge in [-0.15, -0.1) is 0 Å². The van der Waals surface area contributed by atoms with E-state index in [2.05, 4.69) is 16.2 Å². The summed E-state index contributed by atoms with van der Waals surface area (Å²) in [5.74, 6) is -1.65. The molecule has 0 saturated heterocycles. The molecule has 6 nitrogen and oxygen atoms in total. The molecule has 3 aromatic carbocycles. The number of nitrogens with one attached hydrogen (secondary N) is 3. The Labute approximate surface area is 187 Å². The van der Waals surface area contributed by atoms with E-state index in [4.69, 9.17) is 34.8 Å². The highest BCUT2D eigenvalue weighted by molar-refractivity contribution is 6.37. The third kappa shape index (κ3) is 5.30. The van der Waals surface area contributed by atoms with E-state index in [0.29, 0.717) is 15.6 Å². The fourth-order valence-corrected chi connectivity index (χ4v) is 3.13. The highest BCUT2D eigenvalue weighted by Gasteiger charge is 2.17. The second kappa shape index (κ2) is 9.63. The number of hydrogen-bond donors (Lipinski definition) is 3. The number of hydrogen-bond acceptors (Lipinski definition) is 3. The van der Waals surface area contributed by atoms with Gasteiger partial charge in [-0.25, -0.2) is 0 Å². The number of anilines is 1. The summed E-state index contributed by atoms with van der Waals surface area (Å²) >= 11 is 17.7. The van der Waals surface area contributed by atoms with Crippen LogP contribution >= 0.6 is 34.8 Å². The first kappa shape index (κ1) is 21.6. The Kier molecular flexibility index (Phi) is 6.95. The largest absolute Gasteiger partial charge is 0.321 e. The highest BCUT2D eigenvalue weighted by atomic mass is 35.5. The molecule has 0 atom stereocenters. The van der Waals surface area contributed by atoms with Gasteiger partial charge < -0.3 is 5.32 Å². The molecule has 0 heterocycles. The van der Waals surface area contributed by atoms with Gasteiger partial charge >= 0.3 is 0 Å². The van der Waals surface area contributed by atoms with Crippen LogP contribution in [0.15, 0.2) is 66.7 Å². The zero-order chi connectivity index (χ0) is 21.7. The Balaban J connectivity index is 1.71. The molecule has 3 amide bonds. The molecule has 30 heavy (non-hydrogen) atoms. The van der Waals surface area contributed by atoms with Crippen molar-refractivity contribution in [3.8, 4) is 0 Å². The zero-order valence-electron chi connectivity index (χ0n) is 15.2. The van der Waals surface area contributed by atoms with Gasteiger partial charge in [-0.3, -0.25) is 25.2 Å². The molecular formula is C21H14Cl3N3O3. The van der Waals surface area contributed by atoms with Crippen LogP contribution in [0.1, 0.15) is 31.1 Å². The third-order valence-electron chi connectivity index (χ3n) is 3.99. The molecule has 0 fully saturated rings. The van der Waals surface area contributed by atoms with E-state index in [1.165, 1.54) is 36.4 Å². The first-order valence-corrected chi connectivity index (χ1v) is 9.70. The Hall–Kier alpha value is -3.06. The molecule has 0 saturated carbocycles. The lowest BCUT2D eigenvalue weighted by atomic mass is 10.1. The highest BCUT2D eigenvalue weighted by Crippen LogP contribution is 2.23. The average molecular weight is 463 g/mol. The number of halogens is 3. The van der Waals surface area contributed by atoms with Crippen LogP contribution in [0.5, 0.6) is 0 Å². The van der Waals surface area contributed by atoms with Crippen molar-refractivity contribution < 1.29 is 14.4 Å². The van der Waals surface area contributed by atoms with Gasteiger partial charge in [0, 0.05) is 15.6 Å². The van der Waals surface area contributed by atoms with Crippen molar-refractivity contribution in [1.82, 2.24) is 10.9 Å². The molecule has 0 aromatic heterocycles. The van der Waals surface area contributed by atoms with Gasteiger partial charge in [-0.05, 0) is 54.6 Å². The van der Waals surface area contributed by atoms with Crippen LogP contribution in [0.3, 0.4) is 0 Å². The van der Waals surface area contributed by atoms with Crippen LogP contribution in [0.25, 0.3) is 0 Å². The summed E-state index contributed by atoms with van der Waals surface area (Å²) in [6.45, 7) is 0. The smallest absolute Gasteiger partial charge is 0.271 e. The molecule has 0 aliphatic rings. The van der Waals surface area contributed by atoms with Crippen molar-refractivity contribution in [3.63, 3.8) is 0 Å². The van der Waals surface area contributed by atoms with Gasteiger partial charge in [0.05, 0.1) is 21.8 Å². The van der Waals surface area contributed by atoms with E-state index in [9.17, 15) is 14.4 Å². The lowest BCUT2D eigenvalue weighted by molar-refractivity contribution is 0.0847. The summed E-state index contributed by atoms with van der Waals surface area (Å²) in [6, 6.07) is 17.0. The predicted molar refractivity (Wildman–Crippen MR) is 117 cm³/mol. The maximum Gasteiger partial charge on any atom is 0.271 e. The lowest BCUT2D eigenvalue weighted by Gasteiger charge is -2.13. The van der Waals surface area contributed by atoms with Gasteiger partial charge in [0.25, 0.3) is 17.7 Å². The summed E-state index contributed by atoms with van der Waals surface area (Å²) in [6.07, 6.45) is 0. The quantitative estimate of drug-likeness (QED) is 0.478. The standard InChI is InChI=1S/C21H14Cl3N3O3/c22-13-7-5-12(6-8-13)19(28)26-27-21(30)16-3-1-2-4-18(16)25-20(29)15-10-9-14(23)11-17(15)24/h1-11H,(H,25,29)(H,26,28)(H,27,30). The fraction of sp³-hybridized carbons (Fsp3) is 0. The van der Waals surface area contributed by atoms with Crippen LogP contribution in [-0.2, 0) is 0 Å². The average Bonchev–Trinajstić information content (AvgIpc) is 2.72. The summed E-state index contributed by atoms with van der Waals surface area (Å²) in [4.78, 5) is 37.2. The van der Waals surface area contributed by atoms with E-state index in [-0.39, 0.29) is 21.8 Å². The van der Waals surface area contributed by atoms with Crippen molar-refractivity contribution in [1.29, 1.82) is 0 Å². The summed E-state index contributed by atoms with van der Waals surface area (Å²) < 4.78 is 0. The minimum atomic E-state index is -0.615. The van der Waals surface area contributed by atoms with Crippen LogP contribution in [-0.4, -0.2) is 17.7 Å². The van der Waals surface area contributed by atoms with Crippen molar-refractivity contribution in [2.45, 2.75) is 0 Å². The molecule has 3 aromatic rings. The normalized spacial score (nSPS) is 10.2. The Morgan fingerprint density at radius 3 is 1.97 bits per heavy atom. The van der Waals surface area contributed by atoms with Crippen molar-refractivity contribution >= 4 is 58.2 Å². The molecule has 0 bridgehead atoms. The van der Waals surface area contributed by atoms with Crippen molar-refractivity contribution in [2.24, 2.45) is 0 Å². The Morgan fingerprint density at radius 2 is 1.27 bits per heavy atom. The van der Waals surface area contributed by atoms with Crippen LogP contribution in [0.2, 0.25) is 15.1 Å². The number of amides is 3. The SMILES string of the molecule is O=C(NNC(=O)c1ccccc1NC(=O)c1ccc(Cl)cc1Cl)c1ccc(Cl)cc1. The maximum atomic E-state index is 12.5. The number of carbonyl (C=O) groups is 3. The van der Waals surface area contributed by atoms with Crippen LogP contribution in [0.4, 0.5) is 5.69 Å². The zero-order valence-corrected chi connectivity index (χ0v) is 17.5. The molecule has 3 rings (SSSR count). The predicted octanol–water partition coefficient (Wildman–Crippen LogP) is 4.97. The molecule has 0 unspecified atom stereocenters. The monoisotopic (exact) mass is 461 g/mol. The van der Waals surface area contributed by atoms with Gasteiger partial charge in [0.1, 0.15) is 0 Å². The first-order valence-electron chi connectivity index (χ1n) is 8.57. The van der Waals surface area contributed by atoms with E-state index in [1.807, 2.05) is 0 Å². The summed E-state index contributed by atoms with van der Waals surface area (Å²) in [7, 11) is 0. The lowest BCUT2D eigenvalue weighted by Crippen LogP contribution is -2.41. The van der Waals surface area contributed by atoms with Gasteiger partial charge in [-0.2, -0.15) is 0 Å². The molecule has 152 valence electrons. The molecule has 0 spiro atoms. The van der Waals surface area contributed by atoms with Crippen molar-refractivity contribution in [2.75, 3.05) is 5.32 Å². The molecule has 0 radical (unpaired) electrons. The van der Waals surface area contributed by atoms with Crippen LogP contribution < -0.4 is 16.2 Å². The molecule has 3 N–H and O–H groups in total. The van der Waals surface area contributed by atoms with E-state index >= 15 is 0 Å². The van der Waals surface area contributed by atoms with Gasteiger partial charge in [0.2, 0.25) is 0 Å². The van der Waals surface area contributed by atoms with Crippen molar-refractivity contribution in [3.05, 3.63) is 98.5 Å². The second-order valence-electron chi connectivity index (χ2n) is 6.04. The topological polar surface area (TPSA) is 87.3 Å².